The fraction of sp³-hybridized carbons (Fsp3) is 0. The third-order valence-electron chi connectivity index (χ3n) is 0. The predicted octanol–water partition coefficient (Wildman–Crippen LogP) is 0.991. The Hall–Kier alpha value is 2.88. The summed E-state index contributed by atoms with van der Waals surface area (Å²) in [5, 5.41) is 0. The molecule has 0 heterocycles. The molecule has 0 saturated carbocycles. The van der Waals surface area contributed by atoms with Gasteiger partial charge < -0.3 is 6.15 Å². The second kappa shape index (κ2) is 94.0. The normalized spacial score (nSPS) is 0.625. The molecule has 62 valence electrons. The molecule has 2 N–H and O–H groups in total. The molecule has 0 aliphatic carbocycles. The van der Waals surface area contributed by atoms with Crippen LogP contribution in [0.5, 0.6) is 0 Å². The maximum Gasteiger partial charge on any atom is -0.693 e. The summed E-state index contributed by atoms with van der Waals surface area (Å²) in [6.07, 6.45) is 0. The summed E-state index contributed by atoms with van der Waals surface area (Å²) in [5.41, 5.74) is 0. The number of nitrogens with two attached hydrogens (primary N) is 1. The molecule has 0 radical (unpaired) electrons. The minimum absolute atomic E-state index is 0. The fourth-order valence-corrected chi connectivity index (χ4v) is 0. The summed E-state index contributed by atoms with van der Waals surface area (Å²) in [5.74, 6) is 0. The largest absolute Gasteiger partial charge is 0.693 e. The van der Waals surface area contributed by atoms with Gasteiger partial charge in [-0.3, -0.25) is 0 Å². The van der Waals surface area contributed by atoms with Crippen LogP contribution in [0.2, 0.25) is 0 Å². The van der Waals surface area contributed by atoms with Gasteiger partial charge in [-0.1, -0.05) is 0 Å². The molecule has 8 heteroatoms. The smallest absolute Gasteiger partial charge is 0.693 e. The molecule has 0 saturated heterocycles. The molecular formula is H2Fe6N2-2. The Morgan fingerprint density at radius 2 is 0.625 bits per heavy atom. The second-order valence-electron chi connectivity index (χ2n) is 0. The average Bonchev–Trinajstić information content (AvgIpc) is 1.00. The van der Waals surface area contributed by atoms with Crippen LogP contribution in [0.4, 0.5) is 0 Å². The van der Waals surface area contributed by atoms with Crippen LogP contribution in [-0.2, 0) is 101 Å². The molecule has 0 amide bonds. The van der Waals surface area contributed by atoms with Crippen LogP contribution in [0, 0.1) is 0 Å². The Morgan fingerprint density at radius 1 is 0.625 bits per heavy atom. The standard InChI is InChI=1S/6Fe.H2N.N/h;;;;;;1H2;/q;;;;;;2*-1. The van der Waals surface area contributed by atoms with Crippen LogP contribution in [0.1, 0.15) is 0 Å². The van der Waals surface area contributed by atoms with Crippen molar-refractivity contribution in [3.63, 3.8) is 0 Å². The minimum Gasteiger partial charge on any atom is -0.693 e. The van der Waals surface area contributed by atoms with Gasteiger partial charge in [0.2, 0.25) is 0 Å². The zero-order chi connectivity index (χ0) is 2.00. The van der Waals surface area contributed by atoms with E-state index in [9.17, 15) is 0 Å². The second-order valence-corrected chi connectivity index (χ2v) is 0. The van der Waals surface area contributed by atoms with Crippen molar-refractivity contribution in [2.24, 2.45) is 0 Å². The van der Waals surface area contributed by atoms with E-state index in [0.29, 0.717) is 0 Å². The molecule has 8 heavy (non-hydrogen) atoms. The molecule has 0 unspecified atom stereocenters. The summed E-state index contributed by atoms with van der Waals surface area (Å²) < 4.78 is 6.75. The van der Waals surface area contributed by atoms with Crippen LogP contribution in [0.25, 0.3) is 10.5 Å². The van der Waals surface area contributed by atoms with Crippen molar-refractivity contribution in [2.75, 3.05) is 0 Å². The van der Waals surface area contributed by atoms with Crippen LogP contribution in [-0.4, -0.2) is 0 Å². The van der Waals surface area contributed by atoms with Gasteiger partial charge in [0.05, 0.1) is 0 Å². The summed E-state index contributed by atoms with van der Waals surface area (Å²) in [6.45, 7) is 0. The maximum absolute atomic E-state index is 6.75. The fourth-order valence-electron chi connectivity index (χ4n) is 0. The van der Waals surface area contributed by atoms with Gasteiger partial charge >= 0.3 is 20.2 Å². The van der Waals surface area contributed by atoms with E-state index < -0.39 is 0 Å². The van der Waals surface area contributed by atoms with Crippen LogP contribution < -0.4 is 0 Å². The number of nitrogens with zero attached hydrogens (tertiary/aromatic N) is 1. The molecule has 0 rings (SSSR count). The van der Waals surface area contributed by atoms with E-state index in [0.717, 1.165) is 0 Å². The minimum atomic E-state index is 0. The Morgan fingerprint density at radius 3 is 0.625 bits per heavy atom. The van der Waals surface area contributed by atoms with E-state index in [4.69, 9.17) is 4.38 Å². The van der Waals surface area contributed by atoms with E-state index >= 15 is 0 Å². The van der Waals surface area contributed by atoms with E-state index in [1.807, 2.05) is 0 Å². The first kappa shape index (κ1) is 70.6. The van der Waals surface area contributed by atoms with Gasteiger partial charge in [-0.25, -0.2) is 0 Å². The zero-order valence-electron chi connectivity index (χ0n) is 3.15. The van der Waals surface area contributed by atoms with Crippen molar-refractivity contribution in [1.29, 1.82) is 0 Å². The topological polar surface area (TPSA) is 55.8 Å². The Bertz CT molecular complexity index is 6.49. The molecule has 0 fully saturated rings. The Labute approximate surface area is 110 Å². The van der Waals surface area contributed by atoms with E-state index in [1.54, 1.807) is 0 Å². The molecule has 0 aromatic carbocycles. The summed E-state index contributed by atoms with van der Waals surface area (Å²) in [4.78, 5) is 0. The van der Waals surface area contributed by atoms with E-state index in [1.165, 1.54) is 0 Å². The number of hydrogen-bond donors (Lipinski definition) is 0. The van der Waals surface area contributed by atoms with Crippen molar-refractivity contribution >= 4 is 0 Å². The number of rotatable bonds is 0. The molecule has 0 aliphatic heterocycles. The van der Waals surface area contributed by atoms with Gasteiger partial charge in [0.15, 0.2) is 0 Å². The van der Waals surface area contributed by atoms with Crippen LogP contribution in [0.3, 0.4) is 0 Å². The average molecular weight is 365 g/mol. The van der Waals surface area contributed by atoms with Crippen molar-refractivity contribution in [3.05, 3.63) is 10.5 Å². The quantitative estimate of drug-likeness (QED) is 0.575. The third-order valence-corrected chi connectivity index (χ3v) is 0. The van der Waals surface area contributed by atoms with Crippen LogP contribution in [0.15, 0.2) is 0 Å². The van der Waals surface area contributed by atoms with Gasteiger partial charge in [0.1, 0.15) is 0 Å². The molecular weight excluding hydrogens is 363 g/mol. The van der Waals surface area contributed by atoms with Gasteiger partial charge in [-0.05, 0) is 0 Å². The first-order valence-electron chi connectivity index (χ1n) is 0.158. The first-order chi connectivity index (χ1) is 1.00. The molecule has 0 bridgehead atoms. The monoisotopic (exact) mass is 366 g/mol. The van der Waals surface area contributed by atoms with Gasteiger partial charge in [-0.2, -0.15) is 0 Å². The van der Waals surface area contributed by atoms with Gasteiger partial charge in [0, 0.05) is 85.3 Å². The SMILES string of the molecule is [Fe].[Fe].[Fe].[Fe].[Fe].[N-]=[Fe].[NH2-]. The third kappa shape index (κ3) is 66.5. The molecule has 0 aromatic heterocycles. The molecule has 0 atom stereocenters. The van der Waals surface area contributed by atoms with Gasteiger partial charge in [0.25, 0.3) is 0 Å². The van der Waals surface area contributed by atoms with Crippen molar-refractivity contribution in [3.8, 4) is 0 Å². The summed E-state index contributed by atoms with van der Waals surface area (Å²) >= 11 is 2.25. The number of hydrogen-bond acceptors (Lipinski definition) is 0. The molecule has 2 nitrogen and oxygen atoms in total. The van der Waals surface area contributed by atoms with Crippen molar-refractivity contribution in [1.82, 2.24) is 0 Å². The van der Waals surface area contributed by atoms with Crippen LogP contribution >= 0.6 is 0 Å². The maximum atomic E-state index is 6.75. The van der Waals surface area contributed by atoms with Crippen molar-refractivity contribution in [2.45, 2.75) is 0 Å². The van der Waals surface area contributed by atoms with E-state index in [2.05, 4.69) is 15.8 Å². The Balaban J connectivity index is -0.000000000333. The predicted molar refractivity (Wildman–Crippen MR) is 8.64 cm³/mol. The first-order valence-corrected chi connectivity index (χ1v) is 0.652. The zero-order valence-corrected chi connectivity index (χ0v) is 9.77. The van der Waals surface area contributed by atoms with Gasteiger partial charge in [-0.15, -0.1) is 0 Å². The molecule has 0 aromatic rings. The summed E-state index contributed by atoms with van der Waals surface area (Å²) in [7, 11) is 0. The summed E-state index contributed by atoms with van der Waals surface area (Å²) in [6, 6.07) is 0. The molecule has 0 aliphatic rings. The van der Waals surface area contributed by atoms with Crippen molar-refractivity contribution < 1.29 is 101 Å². The Kier molecular flexibility index (Phi) is 830. The van der Waals surface area contributed by atoms with E-state index in [-0.39, 0.29) is 91.5 Å². The molecule has 0 spiro atoms.